The van der Waals surface area contributed by atoms with Crippen molar-refractivity contribution < 1.29 is 14.3 Å². The number of methoxy groups -OCH3 is 1. The first-order valence-corrected chi connectivity index (χ1v) is 10.4. The number of alkyl carbamates (subject to hydrolysis) is 1. The summed E-state index contributed by atoms with van der Waals surface area (Å²) in [5.41, 5.74) is 8.26. The van der Waals surface area contributed by atoms with E-state index in [4.69, 9.17) is 5.73 Å². The van der Waals surface area contributed by atoms with Gasteiger partial charge in [-0.2, -0.15) is 0 Å². The molecule has 1 aliphatic rings. The third-order valence-electron chi connectivity index (χ3n) is 5.12. The van der Waals surface area contributed by atoms with Crippen LogP contribution in [0.1, 0.15) is 38.6 Å². The van der Waals surface area contributed by atoms with Crippen molar-refractivity contribution in [2.24, 2.45) is 5.92 Å². The minimum atomic E-state index is -0.655. The molecule has 0 unspecified atom stereocenters. The van der Waals surface area contributed by atoms with Crippen molar-refractivity contribution in [2.75, 3.05) is 19.4 Å². The van der Waals surface area contributed by atoms with Gasteiger partial charge in [0.15, 0.2) is 0 Å². The Bertz CT molecular complexity index is 881. The van der Waals surface area contributed by atoms with Crippen molar-refractivity contribution >= 4 is 33.6 Å². The van der Waals surface area contributed by atoms with E-state index < -0.39 is 12.1 Å². The Morgan fingerprint density at radius 2 is 2.03 bits per heavy atom. The number of nitrogens with two attached hydrogens (primary N) is 1. The lowest BCUT2D eigenvalue weighted by atomic mass is 10.0. The van der Waals surface area contributed by atoms with Crippen LogP contribution < -0.4 is 11.1 Å². The van der Waals surface area contributed by atoms with Crippen LogP contribution in [0.3, 0.4) is 0 Å². The number of hydrogen-bond acceptors (Lipinski definition) is 5. The molecule has 2 atom stereocenters. The van der Waals surface area contributed by atoms with Crippen LogP contribution in [0.15, 0.2) is 28.9 Å². The molecule has 156 valence electrons. The lowest BCUT2D eigenvalue weighted by Crippen LogP contribution is -2.51. The van der Waals surface area contributed by atoms with Crippen molar-refractivity contribution in [1.82, 2.24) is 20.2 Å². The fourth-order valence-electron chi connectivity index (χ4n) is 3.56. The Hall–Kier alpha value is -2.55. The van der Waals surface area contributed by atoms with Gasteiger partial charge in [0, 0.05) is 17.8 Å². The van der Waals surface area contributed by atoms with Crippen molar-refractivity contribution in [2.45, 2.75) is 38.8 Å². The molecule has 2 heterocycles. The van der Waals surface area contributed by atoms with Gasteiger partial charge in [0.2, 0.25) is 5.91 Å². The summed E-state index contributed by atoms with van der Waals surface area (Å²) < 4.78 is 5.36. The van der Waals surface area contributed by atoms with Crippen molar-refractivity contribution in [3.8, 4) is 11.3 Å². The summed E-state index contributed by atoms with van der Waals surface area (Å²) in [6.45, 7) is 4.41. The smallest absolute Gasteiger partial charge is 0.407 e. The third kappa shape index (κ3) is 4.55. The number of hydrogen-bond donors (Lipinski definition) is 3. The van der Waals surface area contributed by atoms with Crippen LogP contribution in [-0.2, 0) is 9.53 Å². The van der Waals surface area contributed by atoms with Crippen LogP contribution in [0.2, 0.25) is 0 Å². The van der Waals surface area contributed by atoms with Crippen LogP contribution in [0.4, 0.5) is 10.5 Å². The number of carbonyl (C=O) groups is 2. The Balaban J connectivity index is 1.85. The molecule has 0 radical (unpaired) electrons. The number of H-pyrrole nitrogens is 1. The number of nitrogen functional groups attached to an aromatic ring is 1. The van der Waals surface area contributed by atoms with Gasteiger partial charge in [-0.05, 0) is 46.8 Å². The van der Waals surface area contributed by atoms with Gasteiger partial charge >= 0.3 is 6.09 Å². The number of anilines is 1. The van der Waals surface area contributed by atoms with E-state index in [1.807, 2.05) is 38.1 Å². The molecule has 29 heavy (non-hydrogen) atoms. The average molecular weight is 464 g/mol. The van der Waals surface area contributed by atoms with Gasteiger partial charge in [0.1, 0.15) is 16.5 Å². The Labute approximate surface area is 178 Å². The van der Waals surface area contributed by atoms with Gasteiger partial charge in [-0.15, -0.1) is 0 Å². The molecular weight excluding hydrogens is 438 g/mol. The number of likely N-dealkylation sites (tertiary alicyclic amines) is 1. The maximum absolute atomic E-state index is 13.2. The topological polar surface area (TPSA) is 113 Å². The van der Waals surface area contributed by atoms with Gasteiger partial charge in [-0.25, -0.2) is 9.78 Å². The molecule has 0 spiro atoms. The van der Waals surface area contributed by atoms with Gasteiger partial charge in [-0.3, -0.25) is 4.79 Å². The number of carbonyl (C=O) groups excluding carboxylic acids is 2. The number of ether oxygens (including phenoxy) is 1. The maximum atomic E-state index is 13.2. The first-order chi connectivity index (χ1) is 13.8. The molecule has 1 fully saturated rings. The number of rotatable bonds is 5. The van der Waals surface area contributed by atoms with E-state index in [0.717, 1.165) is 29.9 Å². The summed E-state index contributed by atoms with van der Waals surface area (Å²) >= 11 is 3.52. The molecular formula is C20H26BrN5O3. The summed E-state index contributed by atoms with van der Waals surface area (Å²) in [7, 11) is 1.29. The van der Waals surface area contributed by atoms with E-state index in [0.29, 0.717) is 16.8 Å². The number of benzene rings is 1. The maximum Gasteiger partial charge on any atom is 0.407 e. The summed E-state index contributed by atoms with van der Waals surface area (Å²) in [6, 6.07) is 6.67. The van der Waals surface area contributed by atoms with E-state index in [2.05, 4.69) is 36.0 Å². The molecule has 1 aromatic carbocycles. The molecule has 1 aliphatic heterocycles. The Kier molecular flexibility index (Phi) is 6.46. The SMILES string of the molecule is COC(=O)N[C@H](C(=O)N1CCC[C@H]1c1nc(Br)c(-c2ccc(N)cc2)[nH]1)C(C)C. The predicted molar refractivity (Wildman–Crippen MR) is 114 cm³/mol. The minimum absolute atomic E-state index is 0.0727. The first-order valence-electron chi connectivity index (χ1n) is 9.58. The highest BCUT2D eigenvalue weighted by Crippen LogP contribution is 2.35. The highest BCUT2D eigenvalue weighted by atomic mass is 79.9. The second-order valence-electron chi connectivity index (χ2n) is 7.46. The van der Waals surface area contributed by atoms with Crippen molar-refractivity contribution in [1.29, 1.82) is 0 Å². The predicted octanol–water partition coefficient (Wildman–Crippen LogP) is 3.47. The molecule has 3 rings (SSSR count). The summed E-state index contributed by atoms with van der Waals surface area (Å²) in [4.78, 5) is 34.7. The summed E-state index contributed by atoms with van der Waals surface area (Å²) in [5.74, 6) is 0.515. The van der Waals surface area contributed by atoms with Crippen LogP contribution in [0, 0.1) is 5.92 Å². The van der Waals surface area contributed by atoms with E-state index in [1.54, 1.807) is 4.90 Å². The molecule has 4 N–H and O–H groups in total. The molecule has 0 aliphatic carbocycles. The summed E-state index contributed by atoms with van der Waals surface area (Å²) in [6.07, 6.45) is 1.06. The van der Waals surface area contributed by atoms with Crippen molar-refractivity contribution in [3.63, 3.8) is 0 Å². The number of amides is 2. The van der Waals surface area contributed by atoms with E-state index >= 15 is 0 Å². The van der Waals surface area contributed by atoms with Crippen molar-refractivity contribution in [3.05, 3.63) is 34.7 Å². The number of aromatic amines is 1. The summed E-state index contributed by atoms with van der Waals surface area (Å²) in [5, 5.41) is 2.66. The van der Waals surface area contributed by atoms with Gasteiger partial charge in [-0.1, -0.05) is 26.0 Å². The molecule has 1 saturated heterocycles. The number of nitrogens with zero attached hydrogens (tertiary/aromatic N) is 2. The fourth-order valence-corrected chi connectivity index (χ4v) is 4.08. The fraction of sp³-hybridized carbons (Fsp3) is 0.450. The molecule has 0 bridgehead atoms. The normalized spacial score (nSPS) is 17.4. The third-order valence-corrected chi connectivity index (χ3v) is 5.69. The first kappa shape index (κ1) is 21.2. The highest BCUT2D eigenvalue weighted by Gasteiger charge is 2.37. The monoisotopic (exact) mass is 463 g/mol. The molecule has 0 saturated carbocycles. The Morgan fingerprint density at radius 3 is 2.66 bits per heavy atom. The number of nitrogens with one attached hydrogen (secondary N) is 2. The van der Waals surface area contributed by atoms with Crippen LogP contribution in [-0.4, -0.2) is 46.6 Å². The molecule has 2 aromatic rings. The number of halogens is 1. The van der Waals surface area contributed by atoms with E-state index in [-0.39, 0.29) is 17.9 Å². The lowest BCUT2D eigenvalue weighted by Gasteiger charge is -2.30. The zero-order valence-electron chi connectivity index (χ0n) is 16.7. The largest absolute Gasteiger partial charge is 0.453 e. The second-order valence-corrected chi connectivity index (χ2v) is 8.21. The zero-order chi connectivity index (χ0) is 21.1. The second kappa shape index (κ2) is 8.86. The van der Waals surface area contributed by atoms with Gasteiger partial charge in [0.25, 0.3) is 0 Å². The van der Waals surface area contributed by atoms with E-state index in [1.165, 1.54) is 7.11 Å². The zero-order valence-corrected chi connectivity index (χ0v) is 18.3. The standard InChI is InChI=1S/C20H26BrN5O3/c1-11(2)15(24-20(28)29-3)19(27)26-10-4-5-14(26)18-23-16(17(21)25-18)12-6-8-13(22)9-7-12/h6-9,11,14-15H,4-5,10,22H2,1-3H3,(H,23,25)(H,24,28)/t14-,15-/m0/s1. The van der Waals surface area contributed by atoms with E-state index in [9.17, 15) is 9.59 Å². The van der Waals surface area contributed by atoms with Crippen LogP contribution in [0.5, 0.6) is 0 Å². The molecule has 2 amide bonds. The molecule has 9 heteroatoms. The quantitative estimate of drug-likeness (QED) is 0.587. The lowest BCUT2D eigenvalue weighted by molar-refractivity contribution is -0.135. The Morgan fingerprint density at radius 1 is 1.34 bits per heavy atom. The van der Waals surface area contributed by atoms with Crippen LogP contribution in [0.25, 0.3) is 11.3 Å². The average Bonchev–Trinajstić information content (AvgIpc) is 3.32. The minimum Gasteiger partial charge on any atom is -0.453 e. The molecule has 8 nitrogen and oxygen atoms in total. The van der Waals surface area contributed by atoms with Crippen LogP contribution >= 0.6 is 15.9 Å². The molecule has 1 aromatic heterocycles. The van der Waals surface area contributed by atoms with Gasteiger partial charge < -0.3 is 25.7 Å². The number of imidazole rings is 1. The number of aromatic nitrogens is 2. The van der Waals surface area contributed by atoms with Gasteiger partial charge in [0.05, 0.1) is 18.8 Å². The highest BCUT2D eigenvalue weighted by molar-refractivity contribution is 9.10.